The number of nitrogens with one attached hydrogen (secondary N) is 1. The molecule has 2 unspecified atom stereocenters. The van der Waals surface area contributed by atoms with Crippen molar-refractivity contribution in [2.45, 2.75) is 45.3 Å². The second-order valence-corrected chi connectivity index (χ2v) is 6.06. The van der Waals surface area contributed by atoms with Crippen LogP contribution in [0, 0.1) is 3.57 Å². The van der Waals surface area contributed by atoms with Crippen LogP contribution in [-0.4, -0.2) is 25.3 Å². The molecule has 2 nitrogen and oxygen atoms in total. The van der Waals surface area contributed by atoms with Crippen LogP contribution in [-0.2, 0) is 11.2 Å². The zero-order valence-electron chi connectivity index (χ0n) is 11.8. The van der Waals surface area contributed by atoms with Gasteiger partial charge in [0.15, 0.2) is 0 Å². The molecular formula is C15H24INO. The van der Waals surface area contributed by atoms with Crippen LogP contribution in [0.15, 0.2) is 24.3 Å². The highest BCUT2D eigenvalue weighted by atomic mass is 127. The lowest BCUT2D eigenvalue weighted by Gasteiger charge is -2.36. The molecule has 0 radical (unpaired) electrons. The summed E-state index contributed by atoms with van der Waals surface area (Å²) in [5, 5.41) is 3.56. The zero-order valence-corrected chi connectivity index (χ0v) is 14.0. The molecule has 0 aromatic heterocycles. The Balaban J connectivity index is 2.82. The van der Waals surface area contributed by atoms with E-state index >= 15 is 0 Å². The van der Waals surface area contributed by atoms with E-state index in [9.17, 15) is 0 Å². The molecule has 1 aromatic rings. The summed E-state index contributed by atoms with van der Waals surface area (Å²) < 4.78 is 7.01. The van der Waals surface area contributed by atoms with Crippen molar-refractivity contribution in [3.05, 3.63) is 33.4 Å². The summed E-state index contributed by atoms with van der Waals surface area (Å²) in [5.74, 6) is 0. The highest BCUT2D eigenvalue weighted by Gasteiger charge is 2.31. The summed E-state index contributed by atoms with van der Waals surface area (Å²) in [6.07, 6.45) is 2.01. The first-order valence-electron chi connectivity index (χ1n) is 6.58. The Labute approximate surface area is 125 Å². The van der Waals surface area contributed by atoms with Gasteiger partial charge >= 0.3 is 0 Å². The van der Waals surface area contributed by atoms with Gasteiger partial charge in [0.05, 0.1) is 5.60 Å². The van der Waals surface area contributed by atoms with Gasteiger partial charge in [-0.3, -0.25) is 0 Å². The van der Waals surface area contributed by atoms with Crippen LogP contribution in [0.1, 0.15) is 32.8 Å². The summed E-state index contributed by atoms with van der Waals surface area (Å²) in [6, 6.07) is 9.08. The average Bonchev–Trinajstić information content (AvgIpc) is 2.40. The smallest absolute Gasteiger partial charge is 0.0803 e. The molecular weight excluding hydrogens is 337 g/mol. The van der Waals surface area contributed by atoms with E-state index in [2.05, 4.69) is 72.9 Å². The summed E-state index contributed by atoms with van der Waals surface area (Å²) in [6.45, 7) is 7.48. The van der Waals surface area contributed by atoms with Gasteiger partial charge in [0.2, 0.25) is 0 Å². The lowest BCUT2D eigenvalue weighted by Crippen LogP contribution is -2.51. The maximum Gasteiger partial charge on any atom is 0.0803 e. The first-order chi connectivity index (χ1) is 8.55. The van der Waals surface area contributed by atoms with Crippen LogP contribution in [0.25, 0.3) is 0 Å². The van der Waals surface area contributed by atoms with Crippen molar-refractivity contribution in [1.29, 1.82) is 0 Å². The number of hydrogen-bond donors (Lipinski definition) is 1. The summed E-state index contributed by atoms with van der Waals surface area (Å²) in [7, 11) is 1.81. The van der Waals surface area contributed by atoms with Gasteiger partial charge in [0, 0.05) is 16.7 Å². The molecule has 0 aliphatic heterocycles. The SMILES string of the molecule is CCNC(Cc1ccc(I)cc1)C(C)(CC)OC. The maximum atomic E-state index is 5.73. The van der Waals surface area contributed by atoms with Crippen LogP contribution in [0.2, 0.25) is 0 Å². The standard InChI is InChI=1S/C15H24INO/c1-5-15(3,18-4)14(17-6-2)11-12-7-9-13(16)10-8-12/h7-10,14,17H,5-6,11H2,1-4H3. The van der Waals surface area contributed by atoms with E-state index in [0.717, 1.165) is 19.4 Å². The van der Waals surface area contributed by atoms with Crippen molar-refractivity contribution >= 4 is 22.6 Å². The minimum absolute atomic E-state index is 0.112. The van der Waals surface area contributed by atoms with E-state index in [4.69, 9.17) is 4.74 Å². The lowest BCUT2D eigenvalue weighted by atomic mass is 9.88. The van der Waals surface area contributed by atoms with E-state index in [-0.39, 0.29) is 5.60 Å². The number of likely N-dealkylation sites (N-methyl/N-ethyl adjacent to an activating group) is 1. The molecule has 0 aliphatic carbocycles. The van der Waals surface area contributed by atoms with Gasteiger partial charge in [-0.05, 0) is 66.6 Å². The highest BCUT2D eigenvalue weighted by Crippen LogP contribution is 2.22. The van der Waals surface area contributed by atoms with Crippen LogP contribution in [0.4, 0.5) is 0 Å². The van der Waals surface area contributed by atoms with Crippen molar-refractivity contribution in [2.24, 2.45) is 0 Å². The maximum absolute atomic E-state index is 5.73. The largest absolute Gasteiger partial charge is 0.377 e. The molecule has 1 N–H and O–H groups in total. The number of rotatable bonds is 7. The molecule has 3 heteroatoms. The summed E-state index contributed by atoms with van der Waals surface area (Å²) >= 11 is 2.34. The Morgan fingerprint density at radius 3 is 2.33 bits per heavy atom. The molecule has 102 valence electrons. The average molecular weight is 361 g/mol. The van der Waals surface area contributed by atoms with Gasteiger partial charge in [0.1, 0.15) is 0 Å². The molecule has 0 fully saturated rings. The van der Waals surface area contributed by atoms with E-state index in [0.29, 0.717) is 6.04 Å². The van der Waals surface area contributed by atoms with E-state index in [1.54, 1.807) is 0 Å². The number of hydrogen-bond acceptors (Lipinski definition) is 2. The van der Waals surface area contributed by atoms with Crippen molar-refractivity contribution in [2.75, 3.05) is 13.7 Å². The van der Waals surface area contributed by atoms with Crippen LogP contribution in [0.3, 0.4) is 0 Å². The fourth-order valence-electron chi connectivity index (χ4n) is 2.14. The molecule has 0 saturated carbocycles. The Hall–Kier alpha value is -0.130. The second-order valence-electron chi connectivity index (χ2n) is 4.81. The highest BCUT2D eigenvalue weighted by molar-refractivity contribution is 14.1. The van der Waals surface area contributed by atoms with E-state index < -0.39 is 0 Å². The van der Waals surface area contributed by atoms with Crippen molar-refractivity contribution in [3.63, 3.8) is 0 Å². The number of benzene rings is 1. The van der Waals surface area contributed by atoms with Crippen molar-refractivity contribution in [3.8, 4) is 0 Å². The molecule has 0 amide bonds. The molecule has 0 spiro atoms. The van der Waals surface area contributed by atoms with Crippen molar-refractivity contribution < 1.29 is 4.74 Å². The monoisotopic (exact) mass is 361 g/mol. The zero-order chi connectivity index (χ0) is 13.6. The molecule has 1 aromatic carbocycles. The van der Waals surface area contributed by atoms with Gasteiger partial charge in [-0.2, -0.15) is 0 Å². The van der Waals surface area contributed by atoms with Gasteiger partial charge in [0.25, 0.3) is 0 Å². The lowest BCUT2D eigenvalue weighted by molar-refractivity contribution is -0.0283. The predicted octanol–water partition coefficient (Wildman–Crippen LogP) is 3.63. The minimum atomic E-state index is -0.112. The van der Waals surface area contributed by atoms with Crippen LogP contribution in [0.5, 0.6) is 0 Å². The molecule has 2 atom stereocenters. The Morgan fingerprint density at radius 1 is 1.28 bits per heavy atom. The number of methoxy groups -OCH3 is 1. The second kappa shape index (κ2) is 7.46. The first-order valence-corrected chi connectivity index (χ1v) is 7.66. The summed E-state index contributed by atoms with van der Waals surface area (Å²) in [4.78, 5) is 0. The normalized spacial score (nSPS) is 16.3. The third kappa shape index (κ3) is 4.21. The third-order valence-electron chi connectivity index (χ3n) is 3.71. The molecule has 0 bridgehead atoms. The molecule has 18 heavy (non-hydrogen) atoms. The number of halogens is 1. The Kier molecular flexibility index (Phi) is 6.60. The molecule has 0 heterocycles. The third-order valence-corrected chi connectivity index (χ3v) is 4.43. The molecule has 1 rings (SSSR count). The van der Waals surface area contributed by atoms with Crippen molar-refractivity contribution in [1.82, 2.24) is 5.32 Å². The van der Waals surface area contributed by atoms with Gasteiger partial charge < -0.3 is 10.1 Å². The van der Waals surface area contributed by atoms with Gasteiger partial charge in [-0.25, -0.2) is 0 Å². The summed E-state index contributed by atoms with van der Waals surface area (Å²) in [5.41, 5.74) is 1.25. The Morgan fingerprint density at radius 2 is 1.89 bits per heavy atom. The molecule has 0 aliphatic rings. The first kappa shape index (κ1) is 15.9. The van der Waals surface area contributed by atoms with E-state index in [1.807, 2.05) is 7.11 Å². The minimum Gasteiger partial charge on any atom is -0.377 e. The van der Waals surface area contributed by atoms with Crippen LogP contribution >= 0.6 is 22.6 Å². The number of ether oxygens (including phenoxy) is 1. The van der Waals surface area contributed by atoms with Gasteiger partial charge in [-0.15, -0.1) is 0 Å². The Bertz CT molecular complexity index is 346. The van der Waals surface area contributed by atoms with E-state index in [1.165, 1.54) is 9.13 Å². The fourth-order valence-corrected chi connectivity index (χ4v) is 2.50. The van der Waals surface area contributed by atoms with Crippen LogP contribution < -0.4 is 5.32 Å². The quantitative estimate of drug-likeness (QED) is 0.749. The predicted molar refractivity (Wildman–Crippen MR) is 86.0 cm³/mol. The molecule has 0 saturated heterocycles. The topological polar surface area (TPSA) is 21.3 Å². The van der Waals surface area contributed by atoms with Gasteiger partial charge in [-0.1, -0.05) is 26.0 Å². The fraction of sp³-hybridized carbons (Fsp3) is 0.600.